The summed E-state index contributed by atoms with van der Waals surface area (Å²) in [6, 6.07) is 7.25. The predicted octanol–water partition coefficient (Wildman–Crippen LogP) is 2.61. The third-order valence-electron chi connectivity index (χ3n) is 3.38. The molecule has 20 heavy (non-hydrogen) atoms. The van der Waals surface area contributed by atoms with Crippen molar-refractivity contribution in [2.24, 2.45) is 5.73 Å². The van der Waals surface area contributed by atoms with E-state index in [1.54, 1.807) is 6.07 Å². The van der Waals surface area contributed by atoms with E-state index in [1.165, 1.54) is 6.42 Å². The topological polar surface area (TPSA) is 64.3 Å². The van der Waals surface area contributed by atoms with Crippen LogP contribution < -0.4 is 11.1 Å². The zero-order valence-electron chi connectivity index (χ0n) is 11.4. The summed E-state index contributed by atoms with van der Waals surface area (Å²) >= 11 is 4.91. The number of hydrogen-bond acceptors (Lipinski definition) is 3. The van der Waals surface area contributed by atoms with Gasteiger partial charge in [0.15, 0.2) is 0 Å². The van der Waals surface area contributed by atoms with E-state index in [0.717, 1.165) is 30.5 Å². The average molecular weight is 292 g/mol. The van der Waals surface area contributed by atoms with Gasteiger partial charge < -0.3 is 15.8 Å². The van der Waals surface area contributed by atoms with Crippen LogP contribution in [0.4, 0.5) is 5.69 Å². The highest BCUT2D eigenvalue weighted by Crippen LogP contribution is 2.22. The van der Waals surface area contributed by atoms with Crippen molar-refractivity contribution < 1.29 is 9.53 Å². The summed E-state index contributed by atoms with van der Waals surface area (Å²) in [5.41, 5.74) is 7.04. The van der Waals surface area contributed by atoms with Crippen molar-refractivity contribution in [2.45, 2.75) is 38.2 Å². The van der Waals surface area contributed by atoms with Crippen LogP contribution in [0.3, 0.4) is 0 Å². The predicted molar refractivity (Wildman–Crippen MR) is 83.8 cm³/mol. The molecule has 108 valence electrons. The maximum atomic E-state index is 11.8. The van der Waals surface area contributed by atoms with E-state index in [4.69, 9.17) is 22.7 Å². The van der Waals surface area contributed by atoms with Gasteiger partial charge in [0.2, 0.25) is 5.91 Å². The number of carbonyl (C=O) groups is 1. The van der Waals surface area contributed by atoms with E-state index in [2.05, 4.69) is 5.32 Å². The minimum absolute atomic E-state index is 0.0118. The van der Waals surface area contributed by atoms with E-state index in [9.17, 15) is 4.79 Å². The first kappa shape index (κ1) is 14.9. The fourth-order valence-electron chi connectivity index (χ4n) is 1.99. The SMILES string of the molecule is NC(=S)c1cccc(NC(=O)CCCOC2CCC2)c1. The van der Waals surface area contributed by atoms with Gasteiger partial charge in [0.1, 0.15) is 4.99 Å². The van der Waals surface area contributed by atoms with Crippen LogP contribution >= 0.6 is 12.2 Å². The van der Waals surface area contributed by atoms with Crippen molar-refractivity contribution in [2.75, 3.05) is 11.9 Å². The number of benzene rings is 1. The zero-order valence-corrected chi connectivity index (χ0v) is 12.2. The fraction of sp³-hybridized carbons (Fsp3) is 0.467. The van der Waals surface area contributed by atoms with Crippen molar-refractivity contribution in [1.29, 1.82) is 0 Å². The number of thiocarbonyl (C=S) groups is 1. The Hall–Kier alpha value is -1.46. The van der Waals surface area contributed by atoms with Gasteiger partial charge in [-0.15, -0.1) is 0 Å². The molecule has 4 nitrogen and oxygen atoms in total. The van der Waals surface area contributed by atoms with E-state index >= 15 is 0 Å². The standard InChI is InChI=1S/C15H20N2O2S/c16-15(20)11-4-1-5-12(10-11)17-14(18)8-3-9-19-13-6-2-7-13/h1,4-5,10,13H,2-3,6-9H2,(H2,16,20)(H,17,18). The molecule has 0 saturated heterocycles. The largest absolute Gasteiger partial charge is 0.389 e. The zero-order chi connectivity index (χ0) is 14.4. The molecular weight excluding hydrogens is 272 g/mol. The Morgan fingerprint density at radius 3 is 2.90 bits per heavy atom. The lowest BCUT2D eigenvalue weighted by Crippen LogP contribution is -2.22. The number of nitrogens with one attached hydrogen (secondary N) is 1. The third-order valence-corrected chi connectivity index (χ3v) is 3.62. The number of ether oxygens (including phenoxy) is 1. The van der Waals surface area contributed by atoms with Gasteiger partial charge in [0, 0.05) is 24.3 Å². The second-order valence-electron chi connectivity index (χ2n) is 5.02. The lowest BCUT2D eigenvalue weighted by molar-refractivity contribution is -0.116. The molecule has 0 atom stereocenters. The smallest absolute Gasteiger partial charge is 0.224 e. The van der Waals surface area contributed by atoms with Crippen molar-refractivity contribution in [3.63, 3.8) is 0 Å². The summed E-state index contributed by atoms with van der Waals surface area (Å²) in [6.07, 6.45) is 5.24. The van der Waals surface area contributed by atoms with Crippen molar-refractivity contribution >= 4 is 28.8 Å². The van der Waals surface area contributed by atoms with Gasteiger partial charge in [-0.05, 0) is 37.8 Å². The van der Waals surface area contributed by atoms with Gasteiger partial charge >= 0.3 is 0 Å². The maximum absolute atomic E-state index is 11.8. The molecule has 1 amide bonds. The Morgan fingerprint density at radius 1 is 1.45 bits per heavy atom. The maximum Gasteiger partial charge on any atom is 0.224 e. The van der Waals surface area contributed by atoms with Gasteiger partial charge in [0.25, 0.3) is 0 Å². The summed E-state index contributed by atoms with van der Waals surface area (Å²) < 4.78 is 5.62. The summed E-state index contributed by atoms with van der Waals surface area (Å²) in [4.78, 5) is 12.1. The van der Waals surface area contributed by atoms with E-state index in [-0.39, 0.29) is 5.91 Å². The van der Waals surface area contributed by atoms with Crippen LogP contribution in [0.2, 0.25) is 0 Å². The summed E-state index contributed by atoms with van der Waals surface area (Å²) in [5.74, 6) is -0.0118. The van der Waals surface area contributed by atoms with Gasteiger partial charge in [-0.2, -0.15) is 0 Å². The molecule has 0 radical (unpaired) electrons. The number of rotatable bonds is 7. The van der Waals surface area contributed by atoms with E-state index in [0.29, 0.717) is 24.1 Å². The Bertz CT molecular complexity index is 487. The molecule has 2 rings (SSSR count). The first-order valence-corrected chi connectivity index (χ1v) is 7.37. The number of amides is 1. The highest BCUT2D eigenvalue weighted by molar-refractivity contribution is 7.80. The number of hydrogen-bond donors (Lipinski definition) is 2. The molecule has 1 aliphatic carbocycles. The second kappa shape index (κ2) is 7.36. The van der Waals surface area contributed by atoms with Crippen LogP contribution in [-0.2, 0) is 9.53 Å². The van der Waals surface area contributed by atoms with Crippen LogP contribution in [-0.4, -0.2) is 23.6 Å². The quantitative estimate of drug-likeness (QED) is 0.599. The highest BCUT2D eigenvalue weighted by atomic mass is 32.1. The van der Waals surface area contributed by atoms with Gasteiger partial charge in [-0.3, -0.25) is 4.79 Å². The molecule has 1 aromatic rings. The Balaban J connectivity index is 1.70. The van der Waals surface area contributed by atoms with Crippen LogP contribution in [0.15, 0.2) is 24.3 Å². The first-order chi connectivity index (χ1) is 9.65. The highest BCUT2D eigenvalue weighted by Gasteiger charge is 2.17. The molecular formula is C15H20N2O2S. The van der Waals surface area contributed by atoms with E-state index in [1.807, 2.05) is 18.2 Å². The molecule has 3 N–H and O–H groups in total. The molecule has 1 aromatic carbocycles. The molecule has 5 heteroatoms. The minimum Gasteiger partial charge on any atom is -0.389 e. The Morgan fingerprint density at radius 2 is 2.25 bits per heavy atom. The summed E-state index contributed by atoms with van der Waals surface area (Å²) in [5, 5.41) is 2.84. The fourth-order valence-corrected chi connectivity index (χ4v) is 2.12. The third kappa shape index (κ3) is 4.58. The molecule has 0 unspecified atom stereocenters. The normalized spacial score (nSPS) is 14.6. The molecule has 1 saturated carbocycles. The van der Waals surface area contributed by atoms with Crippen LogP contribution in [0.5, 0.6) is 0 Å². The summed E-state index contributed by atoms with van der Waals surface area (Å²) in [7, 11) is 0. The monoisotopic (exact) mass is 292 g/mol. The molecule has 1 fully saturated rings. The van der Waals surface area contributed by atoms with Crippen molar-refractivity contribution in [1.82, 2.24) is 0 Å². The molecule has 0 heterocycles. The van der Waals surface area contributed by atoms with Crippen LogP contribution in [0.25, 0.3) is 0 Å². The van der Waals surface area contributed by atoms with Gasteiger partial charge in [-0.25, -0.2) is 0 Å². The lowest BCUT2D eigenvalue weighted by atomic mass is 9.96. The van der Waals surface area contributed by atoms with Crippen molar-refractivity contribution in [3.05, 3.63) is 29.8 Å². The van der Waals surface area contributed by atoms with Crippen molar-refractivity contribution in [3.8, 4) is 0 Å². The van der Waals surface area contributed by atoms with Crippen LogP contribution in [0.1, 0.15) is 37.7 Å². The number of anilines is 1. The molecule has 0 spiro atoms. The van der Waals surface area contributed by atoms with Gasteiger partial charge in [0.05, 0.1) is 6.10 Å². The molecule has 0 aromatic heterocycles. The number of carbonyl (C=O) groups excluding carboxylic acids is 1. The Labute approximate surface area is 124 Å². The molecule has 0 aliphatic heterocycles. The molecule has 1 aliphatic rings. The first-order valence-electron chi connectivity index (χ1n) is 6.96. The van der Waals surface area contributed by atoms with Gasteiger partial charge in [-0.1, -0.05) is 24.4 Å². The van der Waals surface area contributed by atoms with E-state index < -0.39 is 0 Å². The van der Waals surface area contributed by atoms with Crippen LogP contribution in [0, 0.1) is 0 Å². The lowest BCUT2D eigenvalue weighted by Gasteiger charge is -2.25. The molecule has 0 bridgehead atoms. The number of nitrogens with two attached hydrogens (primary N) is 1. The summed E-state index contributed by atoms with van der Waals surface area (Å²) in [6.45, 7) is 0.658. The Kier molecular flexibility index (Phi) is 5.49. The average Bonchev–Trinajstić information content (AvgIpc) is 2.36. The second-order valence-corrected chi connectivity index (χ2v) is 5.46. The minimum atomic E-state index is -0.0118.